The van der Waals surface area contributed by atoms with Crippen LogP contribution in [-0.2, 0) is 12.8 Å². The van der Waals surface area contributed by atoms with Gasteiger partial charge in [-0.3, -0.25) is 0 Å². The van der Waals surface area contributed by atoms with E-state index in [4.69, 9.17) is 0 Å². The van der Waals surface area contributed by atoms with Crippen LogP contribution in [0.3, 0.4) is 0 Å². The van der Waals surface area contributed by atoms with E-state index in [1.54, 1.807) is 0 Å². The average molecular weight is 161 g/mol. The number of aryl methyl sites for hydroxylation is 2. The quantitative estimate of drug-likeness (QED) is 0.635. The predicted molar refractivity (Wildman–Crippen MR) is 53.3 cm³/mol. The zero-order valence-electron chi connectivity index (χ0n) is 8.06. The van der Waals surface area contributed by atoms with Crippen molar-refractivity contribution >= 4 is 0 Å². The van der Waals surface area contributed by atoms with Crippen LogP contribution in [0.25, 0.3) is 0 Å². The molecule has 0 amide bonds. The maximum atomic E-state index is 3.32. The van der Waals surface area contributed by atoms with Crippen molar-refractivity contribution in [1.29, 1.82) is 0 Å². The molecular weight excluding hydrogens is 144 g/mol. The molecule has 0 nitrogen and oxygen atoms in total. The lowest BCUT2D eigenvalue weighted by atomic mass is 10.00. The van der Waals surface area contributed by atoms with E-state index in [0.717, 1.165) is 0 Å². The lowest BCUT2D eigenvalue weighted by Crippen LogP contribution is -1.92. The molecule has 0 saturated carbocycles. The van der Waals surface area contributed by atoms with Gasteiger partial charge in [0.2, 0.25) is 0 Å². The van der Waals surface area contributed by atoms with Gasteiger partial charge in [0.15, 0.2) is 0 Å². The summed E-state index contributed by atoms with van der Waals surface area (Å²) >= 11 is 0. The third-order valence-corrected chi connectivity index (χ3v) is 2.06. The monoisotopic (exact) mass is 161 g/mol. The van der Waals surface area contributed by atoms with Gasteiger partial charge in [0.05, 0.1) is 0 Å². The van der Waals surface area contributed by atoms with Crippen LogP contribution in [0.4, 0.5) is 0 Å². The second-order valence-corrected chi connectivity index (χ2v) is 3.17. The molecule has 1 rings (SSSR count). The molecule has 0 saturated heterocycles. The largest absolute Gasteiger partial charge is 0.0651 e. The van der Waals surface area contributed by atoms with E-state index in [1.807, 2.05) is 6.07 Å². The van der Waals surface area contributed by atoms with Gasteiger partial charge in [0, 0.05) is 0 Å². The van der Waals surface area contributed by atoms with Gasteiger partial charge < -0.3 is 0 Å². The Morgan fingerprint density at radius 1 is 1.17 bits per heavy atom. The first-order valence-electron chi connectivity index (χ1n) is 4.87. The summed E-state index contributed by atoms with van der Waals surface area (Å²) in [4.78, 5) is 0. The molecular formula is C12H17. The van der Waals surface area contributed by atoms with Crippen molar-refractivity contribution in [3.8, 4) is 0 Å². The van der Waals surface area contributed by atoms with Crippen LogP contribution in [0, 0.1) is 6.07 Å². The molecule has 0 heteroatoms. The highest BCUT2D eigenvalue weighted by Gasteiger charge is 1.98. The SMILES string of the molecule is CCCc1[c]cccc1CCC. The van der Waals surface area contributed by atoms with Gasteiger partial charge >= 0.3 is 0 Å². The van der Waals surface area contributed by atoms with E-state index >= 15 is 0 Å². The van der Waals surface area contributed by atoms with Gasteiger partial charge in [0.25, 0.3) is 0 Å². The summed E-state index contributed by atoms with van der Waals surface area (Å²) in [5.74, 6) is 0. The Morgan fingerprint density at radius 2 is 1.92 bits per heavy atom. The van der Waals surface area contributed by atoms with Crippen LogP contribution in [0.5, 0.6) is 0 Å². The summed E-state index contributed by atoms with van der Waals surface area (Å²) in [7, 11) is 0. The van der Waals surface area contributed by atoms with Crippen molar-refractivity contribution in [1.82, 2.24) is 0 Å². The molecule has 0 aliphatic carbocycles. The summed E-state index contributed by atoms with van der Waals surface area (Å²) in [6.45, 7) is 4.44. The fraction of sp³-hybridized carbons (Fsp3) is 0.500. The molecule has 1 radical (unpaired) electrons. The Labute approximate surface area is 75.6 Å². The molecule has 1 aromatic carbocycles. The van der Waals surface area contributed by atoms with Crippen LogP contribution < -0.4 is 0 Å². The third kappa shape index (κ3) is 2.37. The van der Waals surface area contributed by atoms with Gasteiger partial charge in [0.1, 0.15) is 0 Å². The molecule has 0 aliphatic rings. The number of hydrogen-bond donors (Lipinski definition) is 0. The zero-order valence-corrected chi connectivity index (χ0v) is 8.06. The number of benzene rings is 1. The predicted octanol–water partition coefficient (Wildman–Crippen LogP) is 3.39. The van der Waals surface area contributed by atoms with Crippen molar-refractivity contribution in [2.75, 3.05) is 0 Å². The first-order chi connectivity index (χ1) is 5.88. The average Bonchev–Trinajstić information content (AvgIpc) is 2.09. The molecule has 12 heavy (non-hydrogen) atoms. The van der Waals surface area contributed by atoms with Crippen LogP contribution in [-0.4, -0.2) is 0 Å². The van der Waals surface area contributed by atoms with Crippen molar-refractivity contribution in [3.05, 3.63) is 35.4 Å². The highest BCUT2D eigenvalue weighted by Crippen LogP contribution is 2.12. The Hall–Kier alpha value is -0.780. The maximum Gasteiger partial charge on any atom is -0.0146 e. The topological polar surface area (TPSA) is 0 Å². The fourth-order valence-corrected chi connectivity index (χ4v) is 1.49. The molecule has 0 spiro atoms. The lowest BCUT2D eigenvalue weighted by Gasteiger charge is -2.05. The molecule has 0 N–H and O–H groups in total. The van der Waals surface area contributed by atoms with E-state index in [2.05, 4.69) is 32.0 Å². The van der Waals surface area contributed by atoms with E-state index < -0.39 is 0 Å². The van der Waals surface area contributed by atoms with Crippen LogP contribution in [0.2, 0.25) is 0 Å². The van der Waals surface area contributed by atoms with Gasteiger partial charge in [-0.2, -0.15) is 0 Å². The molecule has 0 unspecified atom stereocenters. The van der Waals surface area contributed by atoms with Crippen molar-refractivity contribution < 1.29 is 0 Å². The van der Waals surface area contributed by atoms with Crippen molar-refractivity contribution in [2.24, 2.45) is 0 Å². The summed E-state index contributed by atoms with van der Waals surface area (Å²) in [5.41, 5.74) is 2.91. The minimum Gasteiger partial charge on any atom is -0.0651 e. The van der Waals surface area contributed by atoms with E-state index in [1.165, 1.54) is 36.8 Å². The molecule has 0 atom stereocenters. The van der Waals surface area contributed by atoms with Crippen LogP contribution in [0.1, 0.15) is 37.8 Å². The molecule has 0 bridgehead atoms. The maximum absolute atomic E-state index is 3.32. The van der Waals surface area contributed by atoms with Crippen LogP contribution >= 0.6 is 0 Å². The Balaban J connectivity index is 2.77. The molecule has 0 heterocycles. The standard InChI is InChI=1S/C12H17/c1-3-7-11-9-5-6-10-12(11)8-4-2/h5-6,9H,3-4,7-8H2,1-2H3. The zero-order chi connectivity index (χ0) is 8.81. The molecule has 0 aliphatic heterocycles. The van der Waals surface area contributed by atoms with Crippen LogP contribution in [0.15, 0.2) is 18.2 Å². The van der Waals surface area contributed by atoms with E-state index in [0.29, 0.717) is 0 Å². The van der Waals surface area contributed by atoms with Crippen molar-refractivity contribution in [3.63, 3.8) is 0 Å². The molecule has 65 valence electrons. The summed E-state index contributed by atoms with van der Waals surface area (Å²) in [6.07, 6.45) is 4.83. The second kappa shape index (κ2) is 4.97. The number of hydrogen-bond acceptors (Lipinski definition) is 0. The van der Waals surface area contributed by atoms with E-state index in [-0.39, 0.29) is 0 Å². The smallest absolute Gasteiger partial charge is 0.0146 e. The highest BCUT2D eigenvalue weighted by atomic mass is 14.0. The molecule has 1 aromatic rings. The molecule has 0 aromatic heterocycles. The van der Waals surface area contributed by atoms with Gasteiger partial charge in [-0.1, -0.05) is 44.9 Å². The highest BCUT2D eigenvalue weighted by molar-refractivity contribution is 5.26. The van der Waals surface area contributed by atoms with Crippen molar-refractivity contribution in [2.45, 2.75) is 39.5 Å². The summed E-state index contributed by atoms with van der Waals surface area (Å²) in [6, 6.07) is 9.66. The van der Waals surface area contributed by atoms with Gasteiger partial charge in [-0.25, -0.2) is 0 Å². The Kier molecular flexibility index (Phi) is 3.86. The Morgan fingerprint density at radius 3 is 2.58 bits per heavy atom. The first-order valence-corrected chi connectivity index (χ1v) is 4.87. The third-order valence-electron chi connectivity index (χ3n) is 2.06. The fourth-order valence-electron chi connectivity index (χ4n) is 1.49. The van der Waals surface area contributed by atoms with Gasteiger partial charge in [-0.15, -0.1) is 0 Å². The number of rotatable bonds is 4. The Bertz CT molecular complexity index is 200. The molecule has 0 fully saturated rings. The van der Waals surface area contributed by atoms with E-state index in [9.17, 15) is 0 Å². The first kappa shape index (κ1) is 9.31. The minimum atomic E-state index is 1.18. The second-order valence-electron chi connectivity index (χ2n) is 3.17. The summed E-state index contributed by atoms with van der Waals surface area (Å²) in [5, 5.41) is 0. The van der Waals surface area contributed by atoms with Gasteiger partial charge in [-0.05, 0) is 30.0 Å². The normalized spacial score (nSPS) is 10.2. The summed E-state index contributed by atoms with van der Waals surface area (Å²) < 4.78 is 0. The minimum absolute atomic E-state index is 1.18. The lowest BCUT2D eigenvalue weighted by molar-refractivity contribution is 0.860.